The molecule has 0 aromatic carbocycles. The van der Waals surface area contributed by atoms with Gasteiger partial charge < -0.3 is 4.48 Å². The van der Waals surface area contributed by atoms with Crippen LogP contribution in [0.2, 0.25) is 0 Å². The first kappa shape index (κ1) is 15.6. The Morgan fingerprint density at radius 3 is 2.27 bits per heavy atom. The summed E-state index contributed by atoms with van der Waals surface area (Å²) in [6.07, 6.45) is 2.41. The molecule has 0 fully saturated rings. The van der Waals surface area contributed by atoms with Gasteiger partial charge in [-0.15, -0.1) is 0 Å². The summed E-state index contributed by atoms with van der Waals surface area (Å²) < 4.78 is 1.06. The molecule has 0 unspecified atom stereocenters. The number of quaternary nitrogens is 1. The van der Waals surface area contributed by atoms with Gasteiger partial charge in [0.25, 0.3) is 0 Å². The smallest absolute Gasteiger partial charge is 0.0788 e. The second kappa shape index (κ2) is 7.00. The minimum atomic E-state index is 0.0641. The van der Waals surface area contributed by atoms with E-state index in [0.29, 0.717) is 0 Å². The number of thioether (sulfide) groups is 1. The molecule has 0 heterocycles. The molecule has 0 amide bonds. The highest BCUT2D eigenvalue weighted by molar-refractivity contribution is 7.99. The highest BCUT2D eigenvalue weighted by Crippen LogP contribution is 2.15. The number of hydrogen-bond acceptors (Lipinski definition) is 2. The monoisotopic (exact) mass is 253 g/mol. The molecule has 0 aliphatic rings. The predicted molar refractivity (Wildman–Crippen MR) is 72.5 cm³/mol. The van der Waals surface area contributed by atoms with Crippen molar-refractivity contribution in [2.45, 2.75) is 32.2 Å². The van der Waals surface area contributed by atoms with Crippen LogP contribution < -0.4 is 4.84 Å². The minimum absolute atomic E-state index is 0.0641. The maximum atomic E-state index is 5.63. The molecule has 92 valence electrons. The lowest BCUT2D eigenvalue weighted by molar-refractivity contribution is -0.870. The number of rotatable bonds is 8. The minimum Gasteiger partial charge on any atom is -0.331 e. The highest BCUT2D eigenvalue weighted by Gasteiger charge is 2.15. The summed E-state index contributed by atoms with van der Waals surface area (Å²) in [5.41, 5.74) is 0.0641. The van der Waals surface area contributed by atoms with E-state index >= 15 is 0 Å². The summed E-state index contributed by atoms with van der Waals surface area (Å²) in [5.74, 6) is 2.44. The molecule has 0 radical (unpaired) electrons. The molecule has 1 N–H and O–H groups in total. The van der Waals surface area contributed by atoms with Crippen molar-refractivity contribution in [2.24, 2.45) is 0 Å². The largest absolute Gasteiger partial charge is 0.331 e. The Balaban J connectivity index is 3.33. The fraction of sp³-hybridized carbons (Fsp3) is 1.00. The zero-order valence-corrected chi connectivity index (χ0v) is 12.3. The van der Waals surface area contributed by atoms with Gasteiger partial charge in [-0.05, 0) is 43.6 Å². The standard InChI is InChI=1S/C11H26ClN2S/c1-11(2,13-12)7-10-15-9-6-8-14(3,4)5/h13H,6-10H2,1-5H3/q+1. The highest BCUT2D eigenvalue weighted by atomic mass is 35.5. The fourth-order valence-electron chi connectivity index (χ4n) is 1.12. The van der Waals surface area contributed by atoms with E-state index in [1.165, 1.54) is 24.5 Å². The molecule has 0 saturated carbocycles. The molecule has 2 nitrogen and oxygen atoms in total. The average molecular weight is 254 g/mol. The van der Waals surface area contributed by atoms with E-state index in [9.17, 15) is 0 Å². The van der Waals surface area contributed by atoms with Gasteiger partial charge in [-0.1, -0.05) is 0 Å². The van der Waals surface area contributed by atoms with Crippen LogP contribution in [0.1, 0.15) is 26.7 Å². The lowest BCUT2D eigenvalue weighted by atomic mass is 10.0. The van der Waals surface area contributed by atoms with Gasteiger partial charge in [-0.2, -0.15) is 11.8 Å². The van der Waals surface area contributed by atoms with Gasteiger partial charge in [0.05, 0.1) is 27.7 Å². The van der Waals surface area contributed by atoms with Gasteiger partial charge in [0.2, 0.25) is 0 Å². The third-order valence-electron chi connectivity index (χ3n) is 2.24. The molecule has 0 bridgehead atoms. The van der Waals surface area contributed by atoms with Crippen LogP contribution in [-0.4, -0.2) is 49.2 Å². The van der Waals surface area contributed by atoms with Crippen molar-refractivity contribution in [3.05, 3.63) is 0 Å². The molecule has 0 spiro atoms. The molecule has 0 rings (SSSR count). The van der Waals surface area contributed by atoms with Crippen LogP contribution in [0.5, 0.6) is 0 Å². The molecule has 0 aromatic rings. The Kier molecular flexibility index (Phi) is 7.26. The normalized spacial score (nSPS) is 13.2. The summed E-state index contributed by atoms with van der Waals surface area (Å²) >= 11 is 7.66. The van der Waals surface area contributed by atoms with Crippen LogP contribution in [0.15, 0.2) is 0 Å². The van der Waals surface area contributed by atoms with Crippen LogP contribution in [0, 0.1) is 0 Å². The predicted octanol–water partition coefficient (Wildman–Crippen LogP) is 2.73. The van der Waals surface area contributed by atoms with Gasteiger partial charge in [0.1, 0.15) is 0 Å². The third kappa shape index (κ3) is 10.8. The average Bonchev–Trinajstić information content (AvgIpc) is 2.09. The summed E-state index contributed by atoms with van der Waals surface area (Å²) in [5, 5.41) is 0. The van der Waals surface area contributed by atoms with Crippen LogP contribution in [0.4, 0.5) is 0 Å². The third-order valence-corrected chi connectivity index (χ3v) is 3.83. The topological polar surface area (TPSA) is 12.0 Å². The number of nitrogens with one attached hydrogen (secondary N) is 1. The molecule has 0 saturated heterocycles. The maximum Gasteiger partial charge on any atom is 0.0788 e. The van der Waals surface area contributed by atoms with Crippen molar-refractivity contribution in [1.29, 1.82) is 0 Å². The second-order valence-electron chi connectivity index (χ2n) is 5.71. The van der Waals surface area contributed by atoms with Crippen molar-refractivity contribution in [1.82, 2.24) is 4.84 Å². The van der Waals surface area contributed by atoms with Crippen LogP contribution >= 0.6 is 23.5 Å². The van der Waals surface area contributed by atoms with E-state index < -0.39 is 0 Å². The Morgan fingerprint density at radius 1 is 1.20 bits per heavy atom. The van der Waals surface area contributed by atoms with Crippen molar-refractivity contribution in [2.75, 3.05) is 39.2 Å². The zero-order valence-electron chi connectivity index (χ0n) is 10.8. The van der Waals surface area contributed by atoms with E-state index in [2.05, 4.69) is 39.8 Å². The first-order chi connectivity index (χ1) is 6.77. The summed E-state index contributed by atoms with van der Waals surface area (Å²) in [7, 11) is 6.72. The van der Waals surface area contributed by atoms with Gasteiger partial charge in [0, 0.05) is 12.0 Å². The fourth-order valence-corrected chi connectivity index (χ4v) is 2.40. The lowest BCUT2D eigenvalue weighted by Crippen LogP contribution is -2.35. The second-order valence-corrected chi connectivity index (χ2v) is 7.12. The molecular formula is C11H26ClN2S+. The van der Waals surface area contributed by atoms with Crippen LogP contribution in [0.25, 0.3) is 0 Å². The van der Waals surface area contributed by atoms with E-state index in [1.54, 1.807) is 0 Å². The molecule has 4 heteroatoms. The first-order valence-corrected chi connectivity index (χ1v) is 7.06. The molecule has 0 aliphatic heterocycles. The molecular weight excluding hydrogens is 228 g/mol. The van der Waals surface area contributed by atoms with E-state index in [-0.39, 0.29) is 5.54 Å². The number of hydrogen-bond donors (Lipinski definition) is 1. The van der Waals surface area contributed by atoms with Crippen molar-refractivity contribution >= 4 is 23.5 Å². The molecule has 0 aliphatic carbocycles. The van der Waals surface area contributed by atoms with Crippen LogP contribution in [0.3, 0.4) is 0 Å². The van der Waals surface area contributed by atoms with Gasteiger partial charge in [-0.3, -0.25) is 0 Å². The van der Waals surface area contributed by atoms with Gasteiger partial charge in [-0.25, -0.2) is 4.84 Å². The molecule has 0 aromatic heterocycles. The van der Waals surface area contributed by atoms with Gasteiger partial charge >= 0.3 is 0 Å². The lowest BCUT2D eigenvalue weighted by Gasteiger charge is -2.24. The first-order valence-electron chi connectivity index (χ1n) is 5.53. The molecule has 0 atom stereocenters. The molecule has 15 heavy (non-hydrogen) atoms. The maximum absolute atomic E-state index is 5.63. The zero-order chi connectivity index (χ0) is 11.9. The number of halogens is 1. The Hall–Kier alpha value is 0.560. The van der Waals surface area contributed by atoms with Crippen LogP contribution in [-0.2, 0) is 0 Å². The summed E-state index contributed by atoms with van der Waals surface area (Å²) in [4.78, 5) is 2.81. The SMILES string of the molecule is CC(C)(CCSCCC[N+](C)(C)C)NCl. The van der Waals surface area contributed by atoms with Crippen molar-refractivity contribution < 1.29 is 4.48 Å². The summed E-state index contributed by atoms with van der Waals surface area (Å²) in [6.45, 7) is 5.52. The summed E-state index contributed by atoms with van der Waals surface area (Å²) in [6, 6.07) is 0. The Bertz CT molecular complexity index is 166. The Labute approximate surface area is 104 Å². The van der Waals surface area contributed by atoms with E-state index in [0.717, 1.165) is 10.9 Å². The van der Waals surface area contributed by atoms with Crippen molar-refractivity contribution in [3.8, 4) is 0 Å². The Morgan fingerprint density at radius 2 is 1.80 bits per heavy atom. The van der Waals surface area contributed by atoms with Gasteiger partial charge in [0.15, 0.2) is 0 Å². The van der Waals surface area contributed by atoms with Crippen molar-refractivity contribution in [3.63, 3.8) is 0 Å². The quantitative estimate of drug-likeness (QED) is 0.406. The van der Waals surface area contributed by atoms with E-state index in [1.807, 2.05) is 11.8 Å². The number of nitrogens with zero attached hydrogens (tertiary/aromatic N) is 1. The van der Waals surface area contributed by atoms with E-state index in [4.69, 9.17) is 11.8 Å².